The quantitative estimate of drug-likeness (QED) is 0.590. The molecule has 2 aliphatic heterocycles. The van der Waals surface area contributed by atoms with E-state index in [-0.39, 0.29) is 11.9 Å². The zero-order valence-electron chi connectivity index (χ0n) is 15.6. The molecular weight excluding hydrogens is 381 g/mol. The van der Waals surface area contributed by atoms with Gasteiger partial charge in [0.1, 0.15) is 11.9 Å². The van der Waals surface area contributed by atoms with Gasteiger partial charge in [-0.1, -0.05) is 5.57 Å². The SMILES string of the molecule is CNC(=S)NC[C@H]1CN(c2ccc(N3CCC(=CC#N)CC3)c(F)c2)C(=O)O1. The van der Waals surface area contributed by atoms with Crippen LogP contribution >= 0.6 is 12.2 Å². The minimum absolute atomic E-state index is 0.322. The van der Waals surface area contributed by atoms with Crippen LogP contribution in [0.4, 0.5) is 20.6 Å². The molecule has 0 aliphatic carbocycles. The molecule has 0 unspecified atom stereocenters. The van der Waals surface area contributed by atoms with Gasteiger partial charge in [0, 0.05) is 26.2 Å². The summed E-state index contributed by atoms with van der Waals surface area (Å²) < 4.78 is 20.0. The van der Waals surface area contributed by atoms with Crippen molar-refractivity contribution in [2.45, 2.75) is 18.9 Å². The lowest BCUT2D eigenvalue weighted by Crippen LogP contribution is -2.39. The number of nitrogens with zero attached hydrogens (tertiary/aromatic N) is 3. The number of nitriles is 1. The molecule has 9 heteroatoms. The molecule has 0 radical (unpaired) electrons. The average Bonchev–Trinajstić information content (AvgIpc) is 3.07. The number of anilines is 2. The van der Waals surface area contributed by atoms with E-state index in [9.17, 15) is 9.18 Å². The molecule has 0 aromatic heterocycles. The molecule has 1 atom stereocenters. The van der Waals surface area contributed by atoms with Crippen LogP contribution in [0.2, 0.25) is 0 Å². The van der Waals surface area contributed by atoms with Crippen molar-refractivity contribution in [3.8, 4) is 6.07 Å². The third-order valence-corrected chi connectivity index (χ3v) is 5.20. The summed E-state index contributed by atoms with van der Waals surface area (Å²) in [7, 11) is 1.70. The number of rotatable bonds is 4. The molecule has 2 saturated heterocycles. The normalized spacial score (nSPS) is 19.1. The zero-order valence-corrected chi connectivity index (χ0v) is 16.4. The van der Waals surface area contributed by atoms with Crippen molar-refractivity contribution in [3.05, 3.63) is 35.7 Å². The highest BCUT2D eigenvalue weighted by Gasteiger charge is 2.33. The predicted octanol–water partition coefficient (Wildman–Crippen LogP) is 2.29. The number of cyclic esters (lactones) is 1. The van der Waals surface area contributed by atoms with E-state index in [2.05, 4.69) is 10.6 Å². The van der Waals surface area contributed by atoms with Gasteiger partial charge in [0.15, 0.2) is 5.11 Å². The van der Waals surface area contributed by atoms with E-state index < -0.39 is 6.09 Å². The highest BCUT2D eigenvalue weighted by molar-refractivity contribution is 7.80. The second kappa shape index (κ2) is 8.89. The number of allylic oxidation sites excluding steroid dienone is 1. The number of carbonyl (C=O) groups excluding carboxylic acids is 1. The number of ether oxygens (including phenoxy) is 1. The average molecular weight is 403 g/mol. The van der Waals surface area contributed by atoms with Crippen molar-refractivity contribution in [2.75, 3.05) is 43.0 Å². The molecule has 2 N–H and O–H groups in total. The molecule has 28 heavy (non-hydrogen) atoms. The van der Waals surface area contributed by atoms with Crippen molar-refractivity contribution < 1.29 is 13.9 Å². The first-order chi connectivity index (χ1) is 13.5. The van der Waals surface area contributed by atoms with Gasteiger partial charge in [0.05, 0.1) is 30.5 Å². The number of carbonyl (C=O) groups is 1. The molecule has 0 bridgehead atoms. The Balaban J connectivity index is 1.64. The summed E-state index contributed by atoms with van der Waals surface area (Å²) in [6, 6.07) is 6.84. The summed E-state index contributed by atoms with van der Waals surface area (Å²) in [6.07, 6.45) is 2.20. The third-order valence-electron chi connectivity index (χ3n) is 4.85. The molecule has 3 rings (SSSR count). The van der Waals surface area contributed by atoms with Crippen molar-refractivity contribution in [2.24, 2.45) is 0 Å². The number of hydrogen-bond acceptors (Lipinski definition) is 5. The fourth-order valence-corrected chi connectivity index (χ4v) is 3.41. The molecule has 0 spiro atoms. The molecule has 2 aliphatic rings. The maximum atomic E-state index is 14.7. The Morgan fingerprint density at radius 3 is 2.86 bits per heavy atom. The van der Waals surface area contributed by atoms with Crippen LogP contribution in [-0.2, 0) is 4.74 Å². The summed E-state index contributed by atoms with van der Waals surface area (Å²) in [5, 5.41) is 15.0. The highest BCUT2D eigenvalue weighted by atomic mass is 32.1. The van der Waals surface area contributed by atoms with Crippen LogP contribution in [0.5, 0.6) is 0 Å². The minimum atomic E-state index is -0.501. The Bertz CT molecular complexity index is 828. The summed E-state index contributed by atoms with van der Waals surface area (Å²) in [5.74, 6) is -0.379. The van der Waals surface area contributed by atoms with E-state index in [4.69, 9.17) is 22.2 Å². The van der Waals surface area contributed by atoms with Gasteiger partial charge < -0.3 is 20.3 Å². The van der Waals surface area contributed by atoms with Crippen molar-refractivity contribution in [3.63, 3.8) is 0 Å². The van der Waals surface area contributed by atoms with Gasteiger partial charge >= 0.3 is 6.09 Å². The molecule has 2 fully saturated rings. The minimum Gasteiger partial charge on any atom is -0.442 e. The fraction of sp³-hybridized carbons (Fsp3) is 0.421. The number of benzene rings is 1. The summed E-state index contributed by atoms with van der Waals surface area (Å²) >= 11 is 5.01. The molecular formula is C19H22FN5O2S. The monoisotopic (exact) mass is 403 g/mol. The van der Waals surface area contributed by atoms with E-state index in [1.165, 1.54) is 11.0 Å². The van der Waals surface area contributed by atoms with Crippen LogP contribution in [0.3, 0.4) is 0 Å². The Morgan fingerprint density at radius 2 is 2.21 bits per heavy atom. The molecule has 7 nitrogen and oxygen atoms in total. The van der Waals surface area contributed by atoms with Gasteiger partial charge in [0.2, 0.25) is 0 Å². The smallest absolute Gasteiger partial charge is 0.414 e. The van der Waals surface area contributed by atoms with Crippen molar-refractivity contribution in [1.29, 1.82) is 5.26 Å². The lowest BCUT2D eigenvalue weighted by atomic mass is 10.0. The van der Waals surface area contributed by atoms with E-state index >= 15 is 0 Å². The van der Waals surface area contributed by atoms with Gasteiger partial charge in [-0.2, -0.15) is 5.26 Å². The van der Waals surface area contributed by atoms with Crippen LogP contribution in [0, 0.1) is 17.1 Å². The van der Waals surface area contributed by atoms with Gasteiger partial charge in [-0.3, -0.25) is 4.90 Å². The summed E-state index contributed by atoms with van der Waals surface area (Å²) in [5.41, 5.74) is 2.06. The van der Waals surface area contributed by atoms with Crippen molar-refractivity contribution in [1.82, 2.24) is 10.6 Å². The molecule has 148 valence electrons. The van der Waals surface area contributed by atoms with Gasteiger partial charge in [-0.15, -0.1) is 0 Å². The van der Waals surface area contributed by atoms with E-state index in [0.29, 0.717) is 42.7 Å². The first kappa shape index (κ1) is 19.9. The maximum Gasteiger partial charge on any atom is 0.414 e. The maximum absolute atomic E-state index is 14.7. The van der Waals surface area contributed by atoms with Crippen LogP contribution in [-0.4, -0.2) is 50.5 Å². The molecule has 1 amide bonds. The topological polar surface area (TPSA) is 80.6 Å². The van der Waals surface area contributed by atoms with Crippen LogP contribution in [0.15, 0.2) is 29.8 Å². The molecule has 1 aromatic carbocycles. The zero-order chi connectivity index (χ0) is 20.1. The number of thiocarbonyl (C=S) groups is 1. The van der Waals surface area contributed by atoms with E-state index in [1.807, 2.05) is 11.0 Å². The Kier molecular flexibility index (Phi) is 6.31. The molecule has 2 heterocycles. The summed E-state index contributed by atoms with van der Waals surface area (Å²) in [4.78, 5) is 15.5. The third kappa shape index (κ3) is 4.51. The first-order valence-corrected chi connectivity index (χ1v) is 9.48. The van der Waals surface area contributed by atoms with Gasteiger partial charge in [0.25, 0.3) is 0 Å². The number of piperidine rings is 1. The van der Waals surface area contributed by atoms with Crippen molar-refractivity contribution >= 4 is 34.8 Å². The van der Waals surface area contributed by atoms with Crippen LogP contribution < -0.4 is 20.4 Å². The highest BCUT2D eigenvalue weighted by Crippen LogP contribution is 2.30. The van der Waals surface area contributed by atoms with Gasteiger partial charge in [-0.05, 0) is 43.3 Å². The lowest BCUT2D eigenvalue weighted by Gasteiger charge is -2.30. The fourth-order valence-electron chi connectivity index (χ4n) is 3.32. The number of nitrogens with one attached hydrogen (secondary N) is 2. The molecule has 0 saturated carbocycles. The second-order valence-electron chi connectivity index (χ2n) is 6.63. The van der Waals surface area contributed by atoms with Crippen LogP contribution in [0.1, 0.15) is 12.8 Å². The Labute approximate surface area is 168 Å². The standard InChI is InChI=1S/C19H22FN5O2S/c1-22-18(28)23-11-15-12-25(19(26)27-15)14-2-3-17(16(20)10-14)24-8-5-13(4-7-21)6-9-24/h2-4,10,15H,5-6,8-9,11-12H2,1H3,(H2,22,23,28)/t15-/m0/s1. The van der Waals surface area contributed by atoms with E-state index in [0.717, 1.165) is 18.4 Å². The predicted molar refractivity (Wildman–Crippen MR) is 109 cm³/mol. The Morgan fingerprint density at radius 1 is 1.46 bits per heavy atom. The van der Waals surface area contributed by atoms with Crippen LogP contribution in [0.25, 0.3) is 0 Å². The molecule has 1 aromatic rings. The second-order valence-corrected chi connectivity index (χ2v) is 7.04. The number of halogens is 1. The lowest BCUT2D eigenvalue weighted by molar-refractivity contribution is 0.143. The van der Waals surface area contributed by atoms with Gasteiger partial charge in [-0.25, -0.2) is 9.18 Å². The number of amides is 1. The largest absolute Gasteiger partial charge is 0.442 e. The number of hydrogen-bond donors (Lipinski definition) is 2. The Hall–Kier alpha value is -2.86. The van der Waals surface area contributed by atoms with E-state index in [1.54, 1.807) is 25.3 Å². The summed E-state index contributed by atoms with van der Waals surface area (Å²) in [6.45, 7) is 2.03. The first-order valence-electron chi connectivity index (χ1n) is 9.07.